The molecule has 0 radical (unpaired) electrons. The Morgan fingerprint density at radius 3 is 2.90 bits per heavy atom. The normalized spacial score (nSPS) is 24.4. The highest BCUT2D eigenvalue weighted by atomic mass is 35.5. The molecular weight excluding hydrogens is 323 g/mol. The fraction of sp³-hybridized carbons (Fsp3) is 0.562. The van der Waals surface area contributed by atoms with Crippen molar-refractivity contribution in [2.45, 2.75) is 49.3 Å². The van der Waals surface area contributed by atoms with Crippen LogP contribution in [0.4, 0.5) is 0 Å². The second-order valence-corrected chi connectivity index (χ2v) is 8.00. The van der Waals surface area contributed by atoms with E-state index in [-0.39, 0.29) is 5.38 Å². The van der Waals surface area contributed by atoms with Crippen LogP contribution in [0.2, 0.25) is 5.02 Å². The lowest BCUT2D eigenvalue weighted by Gasteiger charge is -2.31. The van der Waals surface area contributed by atoms with E-state index in [1.54, 1.807) is 0 Å². The van der Waals surface area contributed by atoms with Crippen molar-refractivity contribution in [2.75, 3.05) is 6.26 Å². The summed E-state index contributed by atoms with van der Waals surface area (Å²) in [6.07, 6.45) is 7.19. The number of aromatic nitrogens is 2. The molecule has 3 rings (SSSR count). The molecule has 0 saturated heterocycles. The lowest BCUT2D eigenvalue weighted by atomic mass is 9.94. The van der Waals surface area contributed by atoms with Crippen molar-refractivity contribution in [1.29, 1.82) is 0 Å². The lowest BCUT2D eigenvalue weighted by molar-refractivity contribution is 0.360. The first-order valence-corrected chi connectivity index (χ1v) is 9.54. The highest BCUT2D eigenvalue weighted by Crippen LogP contribution is 2.38. The zero-order valence-corrected chi connectivity index (χ0v) is 14.7. The first-order valence-electron chi connectivity index (χ1n) is 7.44. The number of hydrogen-bond donors (Lipinski definition) is 0. The average molecular weight is 343 g/mol. The summed E-state index contributed by atoms with van der Waals surface area (Å²) in [5.41, 5.74) is 2.12. The molecule has 2 nitrogen and oxygen atoms in total. The van der Waals surface area contributed by atoms with Gasteiger partial charge in [0.1, 0.15) is 5.82 Å². The van der Waals surface area contributed by atoms with E-state index in [4.69, 9.17) is 28.2 Å². The highest BCUT2D eigenvalue weighted by molar-refractivity contribution is 7.99. The van der Waals surface area contributed by atoms with Crippen molar-refractivity contribution >= 4 is 46.0 Å². The van der Waals surface area contributed by atoms with E-state index >= 15 is 0 Å². The minimum atomic E-state index is -0.0918. The van der Waals surface area contributed by atoms with Crippen molar-refractivity contribution in [3.63, 3.8) is 0 Å². The van der Waals surface area contributed by atoms with Gasteiger partial charge in [0.15, 0.2) is 0 Å². The van der Waals surface area contributed by atoms with Gasteiger partial charge in [0.05, 0.1) is 16.4 Å². The molecule has 0 amide bonds. The molecule has 0 spiro atoms. The van der Waals surface area contributed by atoms with Gasteiger partial charge in [-0.1, -0.05) is 18.0 Å². The molecule has 1 aliphatic carbocycles. The molecule has 3 atom stereocenters. The monoisotopic (exact) mass is 342 g/mol. The highest BCUT2D eigenvalue weighted by Gasteiger charge is 2.27. The Morgan fingerprint density at radius 1 is 1.38 bits per heavy atom. The van der Waals surface area contributed by atoms with E-state index in [0.29, 0.717) is 6.04 Å². The number of hydrogen-bond acceptors (Lipinski definition) is 2. The number of benzene rings is 1. The van der Waals surface area contributed by atoms with Crippen LogP contribution in [-0.2, 0) is 0 Å². The number of thioether (sulfide) groups is 1. The van der Waals surface area contributed by atoms with Gasteiger partial charge in [-0.25, -0.2) is 4.98 Å². The van der Waals surface area contributed by atoms with E-state index < -0.39 is 0 Å². The van der Waals surface area contributed by atoms with Crippen LogP contribution in [0.5, 0.6) is 0 Å². The van der Waals surface area contributed by atoms with Crippen LogP contribution in [0.1, 0.15) is 49.9 Å². The molecule has 3 unspecified atom stereocenters. The third-order valence-corrected chi connectivity index (χ3v) is 5.86. The Morgan fingerprint density at radius 2 is 2.19 bits per heavy atom. The third kappa shape index (κ3) is 3.06. The van der Waals surface area contributed by atoms with Gasteiger partial charge in [0.25, 0.3) is 0 Å². The summed E-state index contributed by atoms with van der Waals surface area (Å²) in [5, 5.41) is 1.40. The maximum absolute atomic E-state index is 6.39. The minimum Gasteiger partial charge on any atom is -0.324 e. The lowest BCUT2D eigenvalue weighted by Crippen LogP contribution is -2.22. The standard InChI is InChI=1S/C16H20Cl2N2S/c1-10(17)16-19-14-7-6-11(18)8-15(14)20(16)12-4-3-5-13(9-12)21-2/h6-8,10,12-13H,3-5,9H2,1-2H3. The summed E-state index contributed by atoms with van der Waals surface area (Å²) in [6.45, 7) is 2.00. The Labute approximate surface area is 140 Å². The summed E-state index contributed by atoms with van der Waals surface area (Å²) in [4.78, 5) is 4.74. The van der Waals surface area contributed by atoms with E-state index in [9.17, 15) is 0 Å². The van der Waals surface area contributed by atoms with Crippen molar-refractivity contribution in [3.05, 3.63) is 29.0 Å². The molecule has 0 aliphatic heterocycles. The summed E-state index contributed by atoms with van der Waals surface area (Å²) in [5.74, 6) is 0.973. The third-order valence-electron chi connectivity index (χ3n) is 4.33. The number of alkyl halides is 1. The Kier molecular flexibility index (Phi) is 4.72. The molecular formula is C16H20Cl2N2S. The minimum absolute atomic E-state index is 0.0918. The molecule has 1 aliphatic rings. The summed E-state index contributed by atoms with van der Waals surface area (Å²) >= 11 is 14.6. The molecule has 1 saturated carbocycles. The van der Waals surface area contributed by atoms with E-state index in [1.165, 1.54) is 25.7 Å². The van der Waals surface area contributed by atoms with Gasteiger partial charge in [-0.15, -0.1) is 11.6 Å². The van der Waals surface area contributed by atoms with Gasteiger partial charge in [0, 0.05) is 16.3 Å². The summed E-state index contributed by atoms with van der Waals surface area (Å²) in [7, 11) is 0. The van der Waals surface area contributed by atoms with Gasteiger partial charge in [-0.3, -0.25) is 0 Å². The molecule has 114 valence electrons. The molecule has 0 N–H and O–H groups in total. The summed E-state index contributed by atoms with van der Waals surface area (Å²) < 4.78 is 2.35. The van der Waals surface area contributed by atoms with Crippen molar-refractivity contribution in [3.8, 4) is 0 Å². The van der Waals surface area contributed by atoms with Crippen LogP contribution < -0.4 is 0 Å². The Balaban J connectivity index is 2.10. The average Bonchev–Trinajstić information content (AvgIpc) is 2.86. The maximum atomic E-state index is 6.39. The van der Waals surface area contributed by atoms with E-state index in [2.05, 4.69) is 10.8 Å². The molecule has 5 heteroatoms. The quantitative estimate of drug-likeness (QED) is 0.652. The molecule has 2 aromatic rings. The Bertz CT molecular complexity index is 638. The number of nitrogens with zero attached hydrogens (tertiary/aromatic N) is 2. The first kappa shape index (κ1) is 15.5. The molecule has 21 heavy (non-hydrogen) atoms. The zero-order valence-electron chi connectivity index (χ0n) is 12.4. The number of halogens is 2. The van der Waals surface area contributed by atoms with Crippen LogP contribution >= 0.6 is 35.0 Å². The van der Waals surface area contributed by atoms with Crippen LogP contribution in [0.15, 0.2) is 18.2 Å². The largest absolute Gasteiger partial charge is 0.324 e. The second-order valence-electron chi connectivity index (χ2n) is 5.77. The summed E-state index contributed by atoms with van der Waals surface area (Å²) in [6, 6.07) is 6.40. The SMILES string of the molecule is CSC1CCCC(n2c(C(C)Cl)nc3ccc(Cl)cc32)C1. The second kappa shape index (κ2) is 6.39. The fourth-order valence-corrected chi connectivity index (χ4v) is 4.46. The molecule has 1 heterocycles. The van der Waals surface area contributed by atoms with Crippen LogP contribution in [0.25, 0.3) is 11.0 Å². The molecule has 0 bridgehead atoms. The smallest absolute Gasteiger partial charge is 0.127 e. The zero-order chi connectivity index (χ0) is 15.0. The predicted octanol–water partition coefficient (Wildman–Crippen LogP) is 5.84. The van der Waals surface area contributed by atoms with Gasteiger partial charge in [0.2, 0.25) is 0 Å². The van der Waals surface area contributed by atoms with Crippen molar-refractivity contribution < 1.29 is 0 Å². The van der Waals surface area contributed by atoms with Crippen LogP contribution in [0.3, 0.4) is 0 Å². The number of fused-ring (bicyclic) bond motifs is 1. The van der Waals surface area contributed by atoms with Crippen molar-refractivity contribution in [2.24, 2.45) is 0 Å². The Hall–Kier alpha value is -0.380. The van der Waals surface area contributed by atoms with E-state index in [1.807, 2.05) is 36.9 Å². The van der Waals surface area contributed by atoms with Crippen molar-refractivity contribution in [1.82, 2.24) is 9.55 Å². The topological polar surface area (TPSA) is 17.8 Å². The predicted molar refractivity (Wildman–Crippen MR) is 93.8 cm³/mol. The van der Waals surface area contributed by atoms with Crippen LogP contribution in [0, 0.1) is 0 Å². The fourth-order valence-electron chi connectivity index (χ4n) is 3.32. The maximum Gasteiger partial charge on any atom is 0.127 e. The molecule has 1 fully saturated rings. The number of imidazole rings is 1. The first-order chi connectivity index (χ1) is 10.1. The van der Waals surface area contributed by atoms with Gasteiger partial charge in [-0.2, -0.15) is 11.8 Å². The van der Waals surface area contributed by atoms with Gasteiger partial charge in [-0.05, 0) is 50.6 Å². The van der Waals surface area contributed by atoms with Gasteiger partial charge >= 0.3 is 0 Å². The molecule has 1 aromatic heterocycles. The van der Waals surface area contributed by atoms with Gasteiger partial charge < -0.3 is 4.57 Å². The molecule has 1 aromatic carbocycles. The van der Waals surface area contributed by atoms with E-state index in [0.717, 1.165) is 27.1 Å². The van der Waals surface area contributed by atoms with Crippen LogP contribution in [-0.4, -0.2) is 21.1 Å². The number of rotatable bonds is 3.